The van der Waals surface area contributed by atoms with Crippen molar-refractivity contribution in [2.24, 2.45) is 0 Å². The van der Waals surface area contributed by atoms with E-state index in [1.165, 1.54) is 18.1 Å². The lowest BCUT2D eigenvalue weighted by Crippen LogP contribution is -2.41. The zero-order valence-electron chi connectivity index (χ0n) is 13.5. The number of aromatic nitrogens is 1. The molecule has 0 bridgehead atoms. The molecule has 1 saturated heterocycles. The van der Waals surface area contributed by atoms with Gasteiger partial charge in [-0.05, 0) is 31.9 Å². The van der Waals surface area contributed by atoms with Gasteiger partial charge in [-0.1, -0.05) is 0 Å². The number of pyridine rings is 1. The van der Waals surface area contributed by atoms with E-state index in [4.69, 9.17) is 4.74 Å². The number of nitrogens with zero attached hydrogens (tertiary/aromatic N) is 1. The molecule has 23 heavy (non-hydrogen) atoms. The summed E-state index contributed by atoms with van der Waals surface area (Å²) in [6, 6.07) is 3.19. The third-order valence-corrected chi connectivity index (χ3v) is 3.83. The number of ether oxygens (including phenoxy) is 2. The summed E-state index contributed by atoms with van der Waals surface area (Å²) in [5.74, 6) is -0.793. The van der Waals surface area contributed by atoms with E-state index in [0.717, 1.165) is 12.8 Å². The molecule has 1 amide bonds. The molecule has 0 unspecified atom stereocenters. The monoisotopic (exact) mass is 322 g/mol. The highest BCUT2D eigenvalue weighted by Gasteiger charge is 2.25. The Bertz CT molecular complexity index is 619. The molecule has 0 aromatic carbocycles. The number of carbonyl (C=O) groups is 2. The van der Waals surface area contributed by atoms with E-state index in [2.05, 4.69) is 9.72 Å². The summed E-state index contributed by atoms with van der Waals surface area (Å²) in [5, 5.41) is 0. The molecule has 1 aliphatic heterocycles. The van der Waals surface area contributed by atoms with E-state index in [1.807, 2.05) is 0 Å². The van der Waals surface area contributed by atoms with Crippen LogP contribution >= 0.6 is 0 Å². The number of hydrogen-bond acceptors (Lipinski definition) is 5. The molecule has 2 rings (SSSR count). The quantitative estimate of drug-likeness (QED) is 0.785. The minimum absolute atomic E-state index is 0.0545. The maximum absolute atomic E-state index is 12.7. The number of esters is 1. The van der Waals surface area contributed by atoms with Gasteiger partial charge in [0.05, 0.1) is 19.6 Å². The van der Waals surface area contributed by atoms with Crippen LogP contribution in [-0.2, 0) is 14.3 Å². The van der Waals surface area contributed by atoms with Gasteiger partial charge in [0.1, 0.15) is 5.56 Å². The zero-order chi connectivity index (χ0) is 16.8. The van der Waals surface area contributed by atoms with Gasteiger partial charge in [-0.25, -0.2) is 0 Å². The van der Waals surface area contributed by atoms with Crippen LogP contribution < -0.4 is 5.56 Å². The maximum Gasteiger partial charge on any atom is 0.307 e. The van der Waals surface area contributed by atoms with Gasteiger partial charge >= 0.3 is 5.97 Å². The normalized spacial score (nSPS) is 17.0. The molecule has 0 spiro atoms. The summed E-state index contributed by atoms with van der Waals surface area (Å²) in [6.07, 6.45) is 1.85. The number of hydrogen-bond donors (Lipinski definition) is 1. The highest BCUT2D eigenvalue weighted by Crippen LogP contribution is 2.15. The summed E-state index contributed by atoms with van der Waals surface area (Å²) >= 11 is 0. The lowest BCUT2D eigenvalue weighted by molar-refractivity contribution is -0.140. The van der Waals surface area contributed by atoms with E-state index < -0.39 is 17.4 Å². The van der Waals surface area contributed by atoms with Crippen LogP contribution in [0, 0.1) is 6.92 Å². The first-order valence-electron chi connectivity index (χ1n) is 7.69. The van der Waals surface area contributed by atoms with Gasteiger partial charge in [-0.2, -0.15) is 0 Å². The van der Waals surface area contributed by atoms with Crippen LogP contribution in [0.2, 0.25) is 0 Å². The van der Waals surface area contributed by atoms with Crippen LogP contribution in [0.1, 0.15) is 35.3 Å². The first-order chi connectivity index (χ1) is 11.0. The number of aryl methyl sites for hydroxylation is 1. The predicted octanol–water partition coefficient (Wildman–Crippen LogP) is 0.868. The Balaban J connectivity index is 2.14. The predicted molar refractivity (Wildman–Crippen MR) is 83.3 cm³/mol. The second-order valence-electron chi connectivity index (χ2n) is 5.60. The van der Waals surface area contributed by atoms with E-state index in [9.17, 15) is 14.4 Å². The number of methoxy groups -OCH3 is 1. The average Bonchev–Trinajstić information content (AvgIpc) is 3.03. The van der Waals surface area contributed by atoms with E-state index in [0.29, 0.717) is 18.8 Å². The second kappa shape index (κ2) is 7.92. The fourth-order valence-electron chi connectivity index (χ4n) is 2.55. The molecule has 1 aliphatic rings. The lowest BCUT2D eigenvalue weighted by Gasteiger charge is -2.25. The smallest absolute Gasteiger partial charge is 0.307 e. The molecular formula is C16H22N2O5. The number of H-pyrrole nitrogens is 1. The molecule has 7 heteroatoms. The molecule has 126 valence electrons. The second-order valence-corrected chi connectivity index (χ2v) is 5.60. The Morgan fingerprint density at radius 3 is 2.83 bits per heavy atom. The van der Waals surface area contributed by atoms with Gasteiger partial charge in [0, 0.05) is 25.4 Å². The van der Waals surface area contributed by atoms with Gasteiger partial charge in [0.2, 0.25) is 0 Å². The van der Waals surface area contributed by atoms with Crippen molar-refractivity contribution >= 4 is 11.9 Å². The number of carbonyl (C=O) groups excluding carboxylic acids is 2. The first-order valence-corrected chi connectivity index (χ1v) is 7.69. The number of aromatic amines is 1. The topological polar surface area (TPSA) is 88.7 Å². The van der Waals surface area contributed by atoms with Gasteiger partial charge in [0.25, 0.3) is 11.5 Å². The Kier molecular flexibility index (Phi) is 5.92. The Labute approximate surface area is 134 Å². The summed E-state index contributed by atoms with van der Waals surface area (Å²) in [6.45, 7) is 2.98. The Morgan fingerprint density at radius 1 is 1.43 bits per heavy atom. The molecule has 1 aromatic rings. The summed E-state index contributed by atoms with van der Waals surface area (Å²) < 4.78 is 10.2. The maximum atomic E-state index is 12.7. The van der Waals surface area contributed by atoms with E-state index in [-0.39, 0.29) is 24.6 Å². The SMILES string of the molecule is COC(=O)CCN(C[C@H]1CCCO1)C(=O)c1ccc(C)[nH]c1=O. The molecular weight excluding hydrogens is 300 g/mol. The van der Waals surface area contributed by atoms with Crippen LogP contribution in [0.5, 0.6) is 0 Å². The molecule has 0 saturated carbocycles. The molecule has 1 fully saturated rings. The van der Waals surface area contributed by atoms with Gasteiger partial charge in [0.15, 0.2) is 0 Å². The van der Waals surface area contributed by atoms with Crippen molar-refractivity contribution in [3.63, 3.8) is 0 Å². The largest absolute Gasteiger partial charge is 0.469 e. The molecule has 2 heterocycles. The van der Waals surface area contributed by atoms with Crippen LogP contribution in [0.15, 0.2) is 16.9 Å². The Hall–Kier alpha value is -2.15. The van der Waals surface area contributed by atoms with Gasteiger partial charge < -0.3 is 19.4 Å². The van der Waals surface area contributed by atoms with Crippen LogP contribution in [0.4, 0.5) is 0 Å². The number of rotatable bonds is 6. The minimum Gasteiger partial charge on any atom is -0.469 e. The van der Waals surface area contributed by atoms with Crippen LogP contribution in [0.3, 0.4) is 0 Å². The summed E-state index contributed by atoms with van der Waals surface area (Å²) in [7, 11) is 1.30. The number of nitrogens with one attached hydrogen (secondary N) is 1. The third-order valence-electron chi connectivity index (χ3n) is 3.83. The van der Waals surface area contributed by atoms with Gasteiger partial charge in [-0.3, -0.25) is 14.4 Å². The fraction of sp³-hybridized carbons (Fsp3) is 0.562. The van der Waals surface area contributed by atoms with Crippen LogP contribution in [-0.4, -0.2) is 54.7 Å². The fourth-order valence-corrected chi connectivity index (χ4v) is 2.55. The lowest BCUT2D eigenvalue weighted by atomic mass is 10.1. The molecule has 0 aliphatic carbocycles. The van der Waals surface area contributed by atoms with E-state index >= 15 is 0 Å². The highest BCUT2D eigenvalue weighted by molar-refractivity contribution is 5.94. The van der Waals surface area contributed by atoms with Crippen LogP contribution in [0.25, 0.3) is 0 Å². The zero-order valence-corrected chi connectivity index (χ0v) is 13.5. The van der Waals surface area contributed by atoms with Crippen molar-refractivity contribution in [3.8, 4) is 0 Å². The minimum atomic E-state index is -0.426. The molecule has 7 nitrogen and oxygen atoms in total. The standard InChI is InChI=1S/C16H22N2O5/c1-11-5-6-13(15(20)17-11)16(21)18(8-7-14(19)22-2)10-12-4-3-9-23-12/h5-6,12H,3-4,7-10H2,1-2H3,(H,17,20)/t12-/m1/s1. The molecule has 1 atom stereocenters. The third kappa shape index (κ3) is 4.66. The van der Waals surface area contributed by atoms with Crippen molar-refractivity contribution in [1.29, 1.82) is 0 Å². The van der Waals surface area contributed by atoms with Crippen molar-refractivity contribution < 1.29 is 19.1 Å². The Morgan fingerprint density at radius 2 is 2.22 bits per heavy atom. The van der Waals surface area contributed by atoms with Gasteiger partial charge in [-0.15, -0.1) is 0 Å². The average molecular weight is 322 g/mol. The van der Waals surface area contributed by atoms with Crippen molar-refractivity contribution in [2.45, 2.75) is 32.3 Å². The van der Waals surface area contributed by atoms with Crippen molar-refractivity contribution in [1.82, 2.24) is 9.88 Å². The molecule has 0 radical (unpaired) electrons. The summed E-state index contributed by atoms with van der Waals surface area (Å²) in [5.41, 5.74) is 0.329. The van der Waals surface area contributed by atoms with Crippen molar-refractivity contribution in [3.05, 3.63) is 33.7 Å². The summed E-state index contributed by atoms with van der Waals surface area (Å²) in [4.78, 5) is 40.1. The molecule has 1 N–H and O–H groups in total. The number of amides is 1. The highest BCUT2D eigenvalue weighted by atomic mass is 16.5. The molecule has 1 aromatic heterocycles. The first kappa shape index (κ1) is 17.2. The van der Waals surface area contributed by atoms with E-state index in [1.54, 1.807) is 13.0 Å². The van der Waals surface area contributed by atoms with Crippen molar-refractivity contribution in [2.75, 3.05) is 26.8 Å².